The fourth-order valence-corrected chi connectivity index (χ4v) is 2.52. The summed E-state index contributed by atoms with van der Waals surface area (Å²) in [5.74, 6) is -0.765. The van der Waals surface area contributed by atoms with Gasteiger partial charge in [-0.1, -0.05) is 13.8 Å². The van der Waals surface area contributed by atoms with E-state index in [1.807, 2.05) is 0 Å². The lowest BCUT2D eigenvalue weighted by Crippen LogP contribution is -2.51. The molecule has 0 amide bonds. The number of hydrogen-bond acceptors (Lipinski definition) is 4. The average Bonchev–Trinajstić information content (AvgIpc) is 2.23. The molecule has 1 unspecified atom stereocenters. The number of nitrogens with zero attached hydrogens (tertiary/aromatic N) is 1. The Kier molecular flexibility index (Phi) is 6.08. The van der Waals surface area contributed by atoms with Gasteiger partial charge in [0.25, 0.3) is 10.2 Å². The Bertz CT molecular complexity index is 351. The molecule has 102 valence electrons. The van der Waals surface area contributed by atoms with Gasteiger partial charge >= 0.3 is 5.97 Å². The molecule has 0 radical (unpaired) electrons. The molecule has 0 saturated carbocycles. The number of methoxy groups -OCH3 is 1. The Hall–Kier alpha value is -0.660. The summed E-state index contributed by atoms with van der Waals surface area (Å²) in [4.78, 5) is 11.5. The van der Waals surface area contributed by atoms with Crippen LogP contribution in [0, 0.1) is 5.92 Å². The first-order valence-corrected chi connectivity index (χ1v) is 6.90. The van der Waals surface area contributed by atoms with Gasteiger partial charge in [-0.2, -0.15) is 17.4 Å². The molecule has 1 atom stereocenters. The third kappa shape index (κ3) is 4.61. The maximum absolute atomic E-state index is 11.9. The molecule has 0 aromatic heterocycles. The summed E-state index contributed by atoms with van der Waals surface area (Å²) in [6, 6.07) is -1.05. The topological polar surface area (TPSA) is 75.7 Å². The highest BCUT2D eigenvalue weighted by atomic mass is 32.2. The van der Waals surface area contributed by atoms with E-state index in [2.05, 4.69) is 9.46 Å². The van der Waals surface area contributed by atoms with Crippen molar-refractivity contribution in [2.45, 2.75) is 39.8 Å². The molecular formula is C10H22N2O4S. The highest BCUT2D eigenvalue weighted by Crippen LogP contribution is 2.08. The molecule has 0 aromatic rings. The van der Waals surface area contributed by atoms with Crippen LogP contribution >= 0.6 is 0 Å². The summed E-state index contributed by atoms with van der Waals surface area (Å²) in [6.45, 7) is 7.00. The molecular weight excluding hydrogens is 244 g/mol. The van der Waals surface area contributed by atoms with Crippen LogP contribution in [0.3, 0.4) is 0 Å². The molecule has 0 aromatic carbocycles. The lowest BCUT2D eigenvalue weighted by atomic mass is 10.1. The molecule has 0 aliphatic carbocycles. The number of esters is 1. The summed E-state index contributed by atoms with van der Waals surface area (Å²) in [5, 5.41) is 0. The lowest BCUT2D eigenvalue weighted by molar-refractivity contribution is -0.143. The fourth-order valence-electron chi connectivity index (χ4n) is 1.10. The van der Waals surface area contributed by atoms with Gasteiger partial charge in [0.15, 0.2) is 0 Å². The molecule has 0 heterocycles. The van der Waals surface area contributed by atoms with Gasteiger partial charge in [0.05, 0.1) is 7.11 Å². The Balaban J connectivity index is 4.95. The third-order valence-electron chi connectivity index (χ3n) is 2.50. The van der Waals surface area contributed by atoms with Gasteiger partial charge in [-0.3, -0.25) is 4.79 Å². The quantitative estimate of drug-likeness (QED) is 0.704. The molecule has 0 aliphatic heterocycles. The highest BCUT2D eigenvalue weighted by Gasteiger charge is 2.31. The van der Waals surface area contributed by atoms with Crippen LogP contribution in [-0.4, -0.2) is 44.9 Å². The second kappa shape index (κ2) is 6.32. The van der Waals surface area contributed by atoms with Crippen molar-refractivity contribution in [1.82, 2.24) is 9.03 Å². The first kappa shape index (κ1) is 16.3. The lowest BCUT2D eigenvalue weighted by Gasteiger charge is -2.26. The number of hydrogen-bond donors (Lipinski definition) is 1. The van der Waals surface area contributed by atoms with Crippen molar-refractivity contribution >= 4 is 16.2 Å². The van der Waals surface area contributed by atoms with Crippen LogP contribution in [0.5, 0.6) is 0 Å². The fraction of sp³-hybridized carbons (Fsp3) is 0.900. The van der Waals surface area contributed by atoms with Gasteiger partial charge in [0, 0.05) is 13.1 Å². The maximum atomic E-state index is 11.9. The number of rotatable bonds is 6. The van der Waals surface area contributed by atoms with Gasteiger partial charge in [0.2, 0.25) is 0 Å². The van der Waals surface area contributed by atoms with Gasteiger partial charge in [0.1, 0.15) is 6.04 Å². The standard InChI is InChI=1S/C10H22N2O4S/c1-7(2)9(10(13)16-6)11-17(14,15)12(5)8(3)4/h7-9,11H,1-6H3. The van der Waals surface area contributed by atoms with E-state index in [-0.39, 0.29) is 12.0 Å². The predicted molar refractivity (Wildman–Crippen MR) is 65.6 cm³/mol. The average molecular weight is 266 g/mol. The Morgan fingerprint density at radius 2 is 1.71 bits per heavy atom. The van der Waals surface area contributed by atoms with E-state index in [0.717, 1.165) is 0 Å². The van der Waals surface area contributed by atoms with Crippen LogP contribution in [-0.2, 0) is 19.7 Å². The Morgan fingerprint density at radius 3 is 2.00 bits per heavy atom. The molecule has 0 aliphatic rings. The zero-order valence-electron chi connectivity index (χ0n) is 11.2. The van der Waals surface area contributed by atoms with Gasteiger partial charge in [-0.25, -0.2) is 0 Å². The van der Waals surface area contributed by atoms with Crippen molar-refractivity contribution in [2.75, 3.05) is 14.2 Å². The molecule has 7 heteroatoms. The zero-order chi connectivity index (χ0) is 13.8. The molecule has 0 bridgehead atoms. The summed E-state index contributed by atoms with van der Waals surface area (Å²) in [5.41, 5.74) is 0. The molecule has 0 fully saturated rings. The van der Waals surface area contributed by atoms with Crippen molar-refractivity contribution in [3.05, 3.63) is 0 Å². The van der Waals surface area contributed by atoms with Crippen molar-refractivity contribution in [2.24, 2.45) is 5.92 Å². The third-order valence-corrected chi connectivity index (χ3v) is 4.24. The second-order valence-corrected chi connectivity index (χ2v) is 6.24. The van der Waals surface area contributed by atoms with Gasteiger partial charge in [-0.15, -0.1) is 0 Å². The van der Waals surface area contributed by atoms with E-state index in [0.29, 0.717) is 0 Å². The minimum absolute atomic E-state index is 0.182. The number of carbonyl (C=O) groups is 1. The van der Waals surface area contributed by atoms with Gasteiger partial charge < -0.3 is 4.74 Å². The van der Waals surface area contributed by atoms with Crippen LogP contribution in [0.1, 0.15) is 27.7 Å². The summed E-state index contributed by atoms with van der Waals surface area (Å²) in [6.07, 6.45) is 0. The van der Waals surface area contributed by atoms with E-state index in [1.165, 1.54) is 18.5 Å². The van der Waals surface area contributed by atoms with E-state index in [9.17, 15) is 13.2 Å². The SMILES string of the molecule is COC(=O)C(NS(=O)(=O)N(C)C(C)C)C(C)C. The summed E-state index contributed by atoms with van der Waals surface area (Å²) >= 11 is 0. The zero-order valence-corrected chi connectivity index (χ0v) is 12.0. The Labute approximate surface area is 104 Å². The molecule has 0 saturated heterocycles. The number of ether oxygens (including phenoxy) is 1. The van der Waals surface area contributed by atoms with Gasteiger partial charge in [-0.05, 0) is 19.8 Å². The van der Waals surface area contributed by atoms with Crippen LogP contribution < -0.4 is 4.72 Å². The normalized spacial score (nSPS) is 14.4. The first-order valence-electron chi connectivity index (χ1n) is 5.46. The molecule has 0 rings (SSSR count). The summed E-state index contributed by atoms with van der Waals surface area (Å²) < 4.78 is 31.9. The van der Waals surface area contributed by atoms with E-state index in [4.69, 9.17) is 0 Å². The number of nitrogens with one attached hydrogen (secondary N) is 1. The summed E-state index contributed by atoms with van der Waals surface area (Å²) in [7, 11) is -0.982. The van der Waals surface area contributed by atoms with Crippen LogP contribution in [0.15, 0.2) is 0 Å². The van der Waals surface area contributed by atoms with Crippen molar-refractivity contribution in [1.29, 1.82) is 0 Å². The number of carbonyl (C=O) groups excluding carboxylic acids is 1. The maximum Gasteiger partial charge on any atom is 0.324 e. The molecule has 6 nitrogen and oxygen atoms in total. The molecule has 0 spiro atoms. The second-order valence-electron chi connectivity index (χ2n) is 4.48. The van der Waals surface area contributed by atoms with E-state index >= 15 is 0 Å². The van der Waals surface area contributed by atoms with E-state index < -0.39 is 22.2 Å². The predicted octanol–water partition coefficient (Wildman–Crippen LogP) is 0.359. The first-order chi connectivity index (χ1) is 7.63. The van der Waals surface area contributed by atoms with Crippen molar-refractivity contribution in [3.8, 4) is 0 Å². The largest absolute Gasteiger partial charge is 0.468 e. The van der Waals surface area contributed by atoms with Crippen LogP contribution in [0.25, 0.3) is 0 Å². The highest BCUT2D eigenvalue weighted by molar-refractivity contribution is 7.87. The monoisotopic (exact) mass is 266 g/mol. The minimum Gasteiger partial charge on any atom is -0.468 e. The van der Waals surface area contributed by atoms with Crippen molar-refractivity contribution < 1.29 is 17.9 Å². The Morgan fingerprint density at radius 1 is 1.24 bits per heavy atom. The minimum atomic E-state index is -3.68. The molecule has 17 heavy (non-hydrogen) atoms. The van der Waals surface area contributed by atoms with Crippen LogP contribution in [0.4, 0.5) is 0 Å². The smallest absolute Gasteiger partial charge is 0.324 e. The van der Waals surface area contributed by atoms with Crippen molar-refractivity contribution in [3.63, 3.8) is 0 Å². The van der Waals surface area contributed by atoms with E-state index in [1.54, 1.807) is 27.7 Å². The molecule has 1 N–H and O–H groups in total. The van der Waals surface area contributed by atoms with Crippen LogP contribution in [0.2, 0.25) is 0 Å².